The van der Waals surface area contributed by atoms with Crippen molar-refractivity contribution in [1.29, 1.82) is 5.41 Å². The van der Waals surface area contributed by atoms with Crippen molar-refractivity contribution in [2.75, 3.05) is 0 Å². The van der Waals surface area contributed by atoms with Gasteiger partial charge in [-0.25, -0.2) is 0 Å². The first-order valence-electron chi connectivity index (χ1n) is 9.26. The Morgan fingerprint density at radius 3 is 2.58 bits per heavy atom. The normalized spacial score (nSPS) is 26.5. The highest BCUT2D eigenvalue weighted by Gasteiger charge is 2.47. The van der Waals surface area contributed by atoms with Crippen molar-refractivity contribution in [3.05, 3.63) is 35.9 Å². The van der Waals surface area contributed by atoms with E-state index >= 15 is 0 Å². The molecule has 0 spiro atoms. The van der Waals surface area contributed by atoms with Crippen molar-refractivity contribution in [3.63, 3.8) is 0 Å². The van der Waals surface area contributed by atoms with Crippen LogP contribution in [-0.4, -0.2) is 22.3 Å². The van der Waals surface area contributed by atoms with Gasteiger partial charge in [0.1, 0.15) is 5.54 Å². The van der Waals surface area contributed by atoms with Crippen molar-refractivity contribution >= 4 is 11.9 Å². The highest BCUT2D eigenvalue weighted by atomic mass is 16.2. The van der Waals surface area contributed by atoms with Crippen LogP contribution in [0.25, 0.3) is 0 Å². The maximum Gasteiger partial charge on any atom is 0.255 e. The van der Waals surface area contributed by atoms with Gasteiger partial charge in [0.2, 0.25) is 0 Å². The van der Waals surface area contributed by atoms with E-state index in [1.807, 2.05) is 44.2 Å². The molecule has 2 aliphatic rings. The summed E-state index contributed by atoms with van der Waals surface area (Å²) in [7, 11) is 0. The number of amides is 1. The lowest BCUT2D eigenvalue weighted by molar-refractivity contribution is -0.132. The minimum atomic E-state index is -0.627. The summed E-state index contributed by atoms with van der Waals surface area (Å²) in [5, 5.41) is 11.5. The molecule has 2 atom stereocenters. The average molecular weight is 327 g/mol. The van der Waals surface area contributed by atoms with E-state index in [0.29, 0.717) is 0 Å². The Hall–Kier alpha value is -1.84. The van der Waals surface area contributed by atoms with E-state index in [4.69, 9.17) is 5.41 Å². The fourth-order valence-corrected chi connectivity index (χ4v) is 4.13. The SMILES string of the molecule is C[C@@H](c1ccccc1)N1C(=N)N[C@@](C)(CCC2CCCCC2)C1=O. The van der Waals surface area contributed by atoms with Gasteiger partial charge in [0.05, 0.1) is 6.04 Å². The highest BCUT2D eigenvalue weighted by Crippen LogP contribution is 2.34. The van der Waals surface area contributed by atoms with Gasteiger partial charge < -0.3 is 5.32 Å². The largest absolute Gasteiger partial charge is 0.342 e. The predicted molar refractivity (Wildman–Crippen MR) is 96.8 cm³/mol. The minimum absolute atomic E-state index is 0.0414. The quantitative estimate of drug-likeness (QED) is 0.850. The smallest absolute Gasteiger partial charge is 0.255 e. The van der Waals surface area contributed by atoms with E-state index in [1.165, 1.54) is 32.1 Å². The molecule has 1 aliphatic heterocycles. The Labute approximate surface area is 145 Å². The predicted octanol–water partition coefficient (Wildman–Crippen LogP) is 4.23. The van der Waals surface area contributed by atoms with Crippen LogP contribution in [0.4, 0.5) is 0 Å². The topological polar surface area (TPSA) is 56.2 Å². The van der Waals surface area contributed by atoms with Crippen LogP contribution in [0.2, 0.25) is 0 Å². The van der Waals surface area contributed by atoms with E-state index in [2.05, 4.69) is 5.32 Å². The Morgan fingerprint density at radius 1 is 1.25 bits per heavy atom. The standard InChI is InChI=1S/C20H29N3O/c1-15(17-11-7-4-8-12-17)23-18(24)20(2,22-19(23)21)14-13-16-9-5-3-6-10-16/h4,7-8,11-12,15-16H,3,5-6,9-10,13-14H2,1-2H3,(H2,21,22)/t15-,20-/m0/s1. The molecule has 3 rings (SSSR count). The first-order valence-corrected chi connectivity index (χ1v) is 9.26. The summed E-state index contributed by atoms with van der Waals surface area (Å²) in [6.07, 6.45) is 8.51. The molecule has 130 valence electrons. The average Bonchev–Trinajstić information content (AvgIpc) is 2.84. The zero-order valence-corrected chi connectivity index (χ0v) is 14.8. The molecule has 2 fully saturated rings. The summed E-state index contributed by atoms with van der Waals surface area (Å²) >= 11 is 0. The summed E-state index contributed by atoms with van der Waals surface area (Å²) in [6.45, 7) is 3.96. The summed E-state index contributed by atoms with van der Waals surface area (Å²) in [6, 6.07) is 9.85. The number of hydrogen-bond acceptors (Lipinski definition) is 2. The zero-order valence-electron chi connectivity index (χ0n) is 14.8. The van der Waals surface area contributed by atoms with Crippen molar-refractivity contribution in [2.24, 2.45) is 5.92 Å². The molecule has 0 unspecified atom stereocenters. The molecular formula is C20H29N3O. The van der Waals surface area contributed by atoms with Gasteiger partial charge in [0.25, 0.3) is 5.91 Å². The lowest BCUT2D eigenvalue weighted by Crippen LogP contribution is -2.44. The molecule has 0 radical (unpaired) electrons. The van der Waals surface area contributed by atoms with Gasteiger partial charge in [0, 0.05) is 0 Å². The van der Waals surface area contributed by atoms with Gasteiger partial charge in [-0.05, 0) is 38.2 Å². The molecule has 1 aromatic carbocycles. The Kier molecular flexibility index (Phi) is 4.93. The van der Waals surface area contributed by atoms with Crippen molar-refractivity contribution in [3.8, 4) is 0 Å². The molecule has 24 heavy (non-hydrogen) atoms. The first-order chi connectivity index (χ1) is 11.5. The maximum atomic E-state index is 13.0. The van der Waals surface area contributed by atoms with Crippen LogP contribution in [0.3, 0.4) is 0 Å². The molecule has 1 amide bonds. The molecule has 1 saturated carbocycles. The molecular weight excluding hydrogens is 298 g/mol. The number of guanidine groups is 1. The third-order valence-corrected chi connectivity index (χ3v) is 5.77. The van der Waals surface area contributed by atoms with Crippen molar-refractivity contribution in [2.45, 2.75) is 70.4 Å². The van der Waals surface area contributed by atoms with E-state index in [9.17, 15) is 4.79 Å². The van der Waals surface area contributed by atoms with E-state index < -0.39 is 5.54 Å². The third-order valence-electron chi connectivity index (χ3n) is 5.77. The number of nitrogens with zero attached hydrogens (tertiary/aromatic N) is 1. The van der Waals surface area contributed by atoms with Gasteiger partial charge in [-0.1, -0.05) is 62.4 Å². The van der Waals surface area contributed by atoms with E-state index in [0.717, 1.165) is 24.3 Å². The van der Waals surface area contributed by atoms with Crippen LogP contribution in [0, 0.1) is 11.3 Å². The minimum Gasteiger partial charge on any atom is -0.342 e. The molecule has 1 aliphatic carbocycles. The van der Waals surface area contributed by atoms with E-state index in [-0.39, 0.29) is 17.9 Å². The number of carbonyl (C=O) groups is 1. The van der Waals surface area contributed by atoms with Crippen LogP contribution in [0.5, 0.6) is 0 Å². The third kappa shape index (κ3) is 3.33. The molecule has 1 heterocycles. The van der Waals surface area contributed by atoms with Crippen LogP contribution in [0.15, 0.2) is 30.3 Å². The zero-order chi connectivity index (χ0) is 17.2. The summed E-state index contributed by atoms with van der Waals surface area (Å²) < 4.78 is 0. The van der Waals surface area contributed by atoms with Crippen LogP contribution >= 0.6 is 0 Å². The Bertz CT molecular complexity index is 594. The molecule has 1 saturated heterocycles. The van der Waals surface area contributed by atoms with E-state index in [1.54, 1.807) is 4.90 Å². The summed E-state index contributed by atoms with van der Waals surface area (Å²) in [5.41, 5.74) is 0.436. The lowest BCUT2D eigenvalue weighted by atomic mass is 9.82. The van der Waals surface area contributed by atoms with Gasteiger partial charge in [-0.3, -0.25) is 15.1 Å². The molecule has 2 N–H and O–H groups in total. The van der Waals surface area contributed by atoms with Crippen molar-refractivity contribution in [1.82, 2.24) is 10.2 Å². The van der Waals surface area contributed by atoms with Gasteiger partial charge >= 0.3 is 0 Å². The maximum absolute atomic E-state index is 13.0. The second-order valence-corrected chi connectivity index (χ2v) is 7.61. The van der Waals surface area contributed by atoms with Crippen LogP contribution in [-0.2, 0) is 4.79 Å². The van der Waals surface area contributed by atoms with Crippen LogP contribution in [0.1, 0.15) is 70.4 Å². The molecule has 0 bridgehead atoms. The highest BCUT2D eigenvalue weighted by molar-refractivity contribution is 6.08. The lowest BCUT2D eigenvalue weighted by Gasteiger charge is -2.28. The number of hydrogen-bond donors (Lipinski definition) is 2. The van der Waals surface area contributed by atoms with Gasteiger partial charge in [0.15, 0.2) is 5.96 Å². The Balaban J connectivity index is 1.68. The summed E-state index contributed by atoms with van der Waals surface area (Å²) in [4.78, 5) is 14.7. The van der Waals surface area contributed by atoms with Gasteiger partial charge in [-0.15, -0.1) is 0 Å². The number of carbonyl (C=O) groups excluding carboxylic acids is 1. The number of benzene rings is 1. The Morgan fingerprint density at radius 2 is 1.92 bits per heavy atom. The summed E-state index contributed by atoms with van der Waals surface area (Å²) in [5.74, 6) is 1.03. The molecule has 0 aromatic heterocycles. The number of rotatable bonds is 5. The second kappa shape index (κ2) is 6.96. The molecule has 4 nitrogen and oxygen atoms in total. The monoisotopic (exact) mass is 327 g/mol. The molecule has 1 aromatic rings. The first kappa shape index (κ1) is 17.0. The van der Waals surface area contributed by atoms with Crippen molar-refractivity contribution < 1.29 is 4.79 Å². The number of nitrogens with one attached hydrogen (secondary N) is 2. The second-order valence-electron chi connectivity index (χ2n) is 7.61. The van der Waals surface area contributed by atoms with Gasteiger partial charge in [-0.2, -0.15) is 0 Å². The fraction of sp³-hybridized carbons (Fsp3) is 0.600. The molecule has 4 heteroatoms. The fourth-order valence-electron chi connectivity index (χ4n) is 4.13. The van der Waals surface area contributed by atoms with Crippen LogP contribution < -0.4 is 5.32 Å².